The second-order valence-corrected chi connectivity index (χ2v) is 5.04. The average Bonchev–Trinajstić information content (AvgIpc) is 2.30. The van der Waals surface area contributed by atoms with Crippen LogP contribution in [0.1, 0.15) is 29.8 Å². The van der Waals surface area contributed by atoms with Crippen LogP contribution in [-0.4, -0.2) is 36.1 Å². The second kappa shape index (κ2) is 4.98. The lowest BCUT2D eigenvalue weighted by Gasteiger charge is -2.35. The number of ether oxygens (including phenoxy) is 1. The summed E-state index contributed by atoms with van der Waals surface area (Å²) in [6.07, 6.45) is 0.181. The van der Waals surface area contributed by atoms with Crippen LogP contribution < -0.4 is 5.73 Å². The molecule has 1 aromatic rings. The molecule has 4 nitrogen and oxygen atoms in total. The average molecular weight is 248 g/mol. The normalized spacial score (nSPS) is 24.1. The third-order valence-electron chi connectivity index (χ3n) is 3.22. The molecule has 0 aliphatic carbocycles. The molecule has 4 heteroatoms. The first-order chi connectivity index (χ1) is 8.47. The van der Waals surface area contributed by atoms with Crippen LogP contribution in [0.3, 0.4) is 0 Å². The van der Waals surface area contributed by atoms with E-state index in [1.165, 1.54) is 0 Å². The number of anilines is 1. The Labute approximate surface area is 108 Å². The number of nitrogen functional groups attached to an aromatic ring is 1. The van der Waals surface area contributed by atoms with Crippen LogP contribution in [0.2, 0.25) is 0 Å². The van der Waals surface area contributed by atoms with E-state index in [0.29, 0.717) is 18.7 Å². The van der Waals surface area contributed by atoms with E-state index in [4.69, 9.17) is 10.5 Å². The van der Waals surface area contributed by atoms with Gasteiger partial charge in [0.25, 0.3) is 5.91 Å². The molecule has 0 saturated carbocycles. The topological polar surface area (TPSA) is 55.6 Å². The van der Waals surface area contributed by atoms with Crippen molar-refractivity contribution in [2.24, 2.45) is 0 Å². The van der Waals surface area contributed by atoms with Crippen molar-refractivity contribution >= 4 is 11.6 Å². The van der Waals surface area contributed by atoms with Gasteiger partial charge in [-0.3, -0.25) is 4.79 Å². The fourth-order valence-electron chi connectivity index (χ4n) is 2.34. The minimum Gasteiger partial charge on any atom is -0.399 e. The third kappa shape index (κ3) is 2.64. The molecular weight excluding hydrogens is 228 g/mol. The number of carbonyl (C=O) groups excluding carboxylic acids is 1. The van der Waals surface area contributed by atoms with Crippen molar-refractivity contribution in [2.75, 3.05) is 18.8 Å². The fraction of sp³-hybridized carbons (Fsp3) is 0.500. The number of aryl methyl sites for hydroxylation is 1. The van der Waals surface area contributed by atoms with Crippen LogP contribution >= 0.6 is 0 Å². The fourth-order valence-corrected chi connectivity index (χ4v) is 2.34. The van der Waals surface area contributed by atoms with Gasteiger partial charge in [0.15, 0.2) is 0 Å². The highest BCUT2D eigenvalue weighted by molar-refractivity contribution is 5.95. The van der Waals surface area contributed by atoms with E-state index in [0.717, 1.165) is 11.3 Å². The highest BCUT2D eigenvalue weighted by atomic mass is 16.5. The van der Waals surface area contributed by atoms with Crippen LogP contribution in [0.5, 0.6) is 0 Å². The monoisotopic (exact) mass is 248 g/mol. The number of nitrogens with two attached hydrogens (primary N) is 1. The minimum absolute atomic E-state index is 0.0556. The number of hydrogen-bond acceptors (Lipinski definition) is 3. The van der Waals surface area contributed by atoms with Crippen LogP contribution in [0.4, 0.5) is 5.69 Å². The zero-order chi connectivity index (χ0) is 13.3. The summed E-state index contributed by atoms with van der Waals surface area (Å²) in [4.78, 5) is 14.2. The van der Waals surface area contributed by atoms with Gasteiger partial charge in [0, 0.05) is 24.3 Å². The summed E-state index contributed by atoms with van der Waals surface area (Å²) in [5.41, 5.74) is 8.12. The molecule has 0 spiro atoms. The number of morpholine rings is 1. The van der Waals surface area contributed by atoms with E-state index >= 15 is 0 Å². The molecule has 18 heavy (non-hydrogen) atoms. The molecule has 1 amide bonds. The maximum Gasteiger partial charge on any atom is 0.254 e. The number of nitrogens with zero attached hydrogens (tertiary/aromatic N) is 1. The number of amides is 1. The molecule has 1 aliphatic rings. The van der Waals surface area contributed by atoms with Gasteiger partial charge in [-0.25, -0.2) is 0 Å². The van der Waals surface area contributed by atoms with Gasteiger partial charge in [0.1, 0.15) is 0 Å². The lowest BCUT2D eigenvalue weighted by atomic mass is 10.1. The summed E-state index contributed by atoms with van der Waals surface area (Å²) < 4.78 is 5.63. The molecule has 0 aromatic heterocycles. The molecule has 98 valence electrons. The summed E-state index contributed by atoms with van der Waals surface area (Å²) in [5.74, 6) is 0.0556. The van der Waals surface area contributed by atoms with Crippen LogP contribution in [-0.2, 0) is 4.74 Å². The highest BCUT2D eigenvalue weighted by Gasteiger charge is 2.26. The molecule has 2 rings (SSSR count). The van der Waals surface area contributed by atoms with Gasteiger partial charge in [-0.05, 0) is 44.5 Å². The molecule has 1 aliphatic heterocycles. The van der Waals surface area contributed by atoms with Crippen LogP contribution in [0, 0.1) is 6.92 Å². The van der Waals surface area contributed by atoms with Gasteiger partial charge < -0.3 is 15.4 Å². The maximum absolute atomic E-state index is 12.4. The third-order valence-corrected chi connectivity index (χ3v) is 3.22. The van der Waals surface area contributed by atoms with E-state index < -0.39 is 0 Å². The number of rotatable bonds is 1. The van der Waals surface area contributed by atoms with E-state index in [2.05, 4.69) is 0 Å². The largest absolute Gasteiger partial charge is 0.399 e. The van der Waals surface area contributed by atoms with Crippen molar-refractivity contribution in [3.05, 3.63) is 29.3 Å². The maximum atomic E-state index is 12.4. The summed E-state index contributed by atoms with van der Waals surface area (Å²) in [6.45, 7) is 7.18. The van der Waals surface area contributed by atoms with Crippen LogP contribution in [0.15, 0.2) is 18.2 Å². The van der Waals surface area contributed by atoms with Gasteiger partial charge in [-0.1, -0.05) is 0 Å². The summed E-state index contributed by atoms with van der Waals surface area (Å²) in [6, 6.07) is 5.42. The summed E-state index contributed by atoms with van der Waals surface area (Å²) in [5, 5.41) is 0. The lowest BCUT2D eigenvalue weighted by molar-refractivity contribution is -0.0586. The molecule has 1 aromatic carbocycles. The molecule has 1 saturated heterocycles. The van der Waals surface area contributed by atoms with Gasteiger partial charge >= 0.3 is 0 Å². The Bertz CT molecular complexity index is 449. The Kier molecular flexibility index (Phi) is 3.57. The van der Waals surface area contributed by atoms with Crippen molar-refractivity contribution in [3.8, 4) is 0 Å². The molecule has 0 radical (unpaired) electrons. The number of carbonyl (C=O) groups is 1. The van der Waals surface area contributed by atoms with Gasteiger partial charge in [0.2, 0.25) is 0 Å². The van der Waals surface area contributed by atoms with Crippen molar-refractivity contribution in [1.82, 2.24) is 4.90 Å². The molecular formula is C14H20N2O2. The zero-order valence-corrected chi connectivity index (χ0v) is 11.1. The highest BCUT2D eigenvalue weighted by Crippen LogP contribution is 2.17. The Balaban J connectivity index is 2.17. The minimum atomic E-state index is 0.0556. The zero-order valence-electron chi connectivity index (χ0n) is 11.1. The smallest absolute Gasteiger partial charge is 0.254 e. The van der Waals surface area contributed by atoms with Gasteiger partial charge in [-0.15, -0.1) is 0 Å². The molecule has 1 fully saturated rings. The number of hydrogen-bond donors (Lipinski definition) is 1. The SMILES string of the molecule is Cc1cc(C(=O)N2C[C@@H](C)O[C@H](C)C2)ccc1N. The Morgan fingerprint density at radius 1 is 1.33 bits per heavy atom. The van der Waals surface area contributed by atoms with Crippen molar-refractivity contribution in [1.29, 1.82) is 0 Å². The summed E-state index contributed by atoms with van der Waals surface area (Å²) >= 11 is 0. The Morgan fingerprint density at radius 2 is 1.94 bits per heavy atom. The first kappa shape index (κ1) is 12.9. The predicted octanol–water partition coefficient (Wildman–Crippen LogP) is 1.83. The second-order valence-electron chi connectivity index (χ2n) is 5.04. The number of benzene rings is 1. The predicted molar refractivity (Wildman–Crippen MR) is 71.5 cm³/mol. The van der Waals surface area contributed by atoms with E-state index in [1.807, 2.05) is 31.7 Å². The lowest BCUT2D eigenvalue weighted by Crippen LogP contribution is -2.48. The first-order valence-electron chi connectivity index (χ1n) is 6.28. The first-order valence-corrected chi connectivity index (χ1v) is 6.28. The molecule has 2 N–H and O–H groups in total. The standard InChI is InChI=1S/C14H20N2O2/c1-9-6-12(4-5-13(9)15)14(17)16-7-10(2)18-11(3)8-16/h4-6,10-11H,7-8,15H2,1-3H3/t10-,11-/m1/s1. The molecule has 0 unspecified atom stereocenters. The van der Waals surface area contributed by atoms with Crippen molar-refractivity contribution < 1.29 is 9.53 Å². The van der Waals surface area contributed by atoms with Gasteiger partial charge in [0.05, 0.1) is 12.2 Å². The Hall–Kier alpha value is -1.55. The quantitative estimate of drug-likeness (QED) is 0.771. The van der Waals surface area contributed by atoms with E-state index in [9.17, 15) is 4.79 Å². The van der Waals surface area contributed by atoms with Crippen molar-refractivity contribution in [2.45, 2.75) is 33.0 Å². The van der Waals surface area contributed by atoms with Crippen LogP contribution in [0.25, 0.3) is 0 Å². The molecule has 1 heterocycles. The van der Waals surface area contributed by atoms with E-state index in [1.54, 1.807) is 12.1 Å². The van der Waals surface area contributed by atoms with E-state index in [-0.39, 0.29) is 18.1 Å². The van der Waals surface area contributed by atoms with Crippen molar-refractivity contribution in [3.63, 3.8) is 0 Å². The Morgan fingerprint density at radius 3 is 2.50 bits per heavy atom. The molecule has 2 atom stereocenters. The summed E-state index contributed by atoms with van der Waals surface area (Å²) in [7, 11) is 0. The molecule has 0 bridgehead atoms. The van der Waals surface area contributed by atoms with Gasteiger partial charge in [-0.2, -0.15) is 0 Å².